The molecule has 0 radical (unpaired) electrons. The summed E-state index contributed by atoms with van der Waals surface area (Å²) in [4.78, 5) is 12.3. The van der Waals surface area contributed by atoms with Crippen molar-refractivity contribution in [3.8, 4) is 5.75 Å². The van der Waals surface area contributed by atoms with Gasteiger partial charge in [-0.1, -0.05) is 6.07 Å². The van der Waals surface area contributed by atoms with Crippen molar-refractivity contribution in [2.24, 2.45) is 0 Å². The van der Waals surface area contributed by atoms with Crippen molar-refractivity contribution in [1.82, 2.24) is 0 Å². The van der Waals surface area contributed by atoms with Crippen LogP contribution in [-0.2, 0) is 0 Å². The summed E-state index contributed by atoms with van der Waals surface area (Å²) in [5.74, 6) is -4.55. The number of ether oxygens (including phenoxy) is 1. The van der Waals surface area contributed by atoms with E-state index in [0.717, 1.165) is 0 Å². The third-order valence-electron chi connectivity index (χ3n) is 2.83. The van der Waals surface area contributed by atoms with E-state index in [1.165, 1.54) is 18.2 Å². The van der Waals surface area contributed by atoms with Crippen LogP contribution < -0.4 is 10.5 Å². The lowest BCUT2D eigenvalue weighted by molar-refractivity contribution is 0.103. The number of benzene rings is 2. The van der Waals surface area contributed by atoms with Crippen LogP contribution in [-0.4, -0.2) is 12.4 Å². The summed E-state index contributed by atoms with van der Waals surface area (Å²) in [6, 6.07) is 5.23. The molecule has 0 aliphatic carbocycles. The summed E-state index contributed by atoms with van der Waals surface area (Å²) in [6.45, 7) is 1.94. The van der Waals surface area contributed by atoms with Crippen LogP contribution in [0.3, 0.4) is 0 Å². The standard InChI is InChI=1S/C15H12F3NO2/c1-2-21-15-8(4-3-5-13(15)19)14(20)9-6-11(17)12(18)7-10(9)16/h3-7H,2,19H2,1H3. The fourth-order valence-corrected chi connectivity index (χ4v) is 1.88. The van der Waals surface area contributed by atoms with E-state index in [1.54, 1.807) is 6.92 Å². The lowest BCUT2D eigenvalue weighted by Crippen LogP contribution is -2.10. The molecular weight excluding hydrogens is 283 g/mol. The van der Waals surface area contributed by atoms with E-state index in [9.17, 15) is 18.0 Å². The van der Waals surface area contributed by atoms with Gasteiger partial charge in [-0.25, -0.2) is 13.2 Å². The molecule has 110 valence electrons. The topological polar surface area (TPSA) is 52.3 Å². The molecule has 0 saturated heterocycles. The molecule has 0 amide bonds. The number of para-hydroxylation sites is 1. The minimum atomic E-state index is -1.36. The first-order chi connectivity index (χ1) is 9.95. The smallest absolute Gasteiger partial charge is 0.199 e. The molecular formula is C15H12F3NO2. The van der Waals surface area contributed by atoms with Gasteiger partial charge < -0.3 is 10.5 Å². The number of anilines is 1. The van der Waals surface area contributed by atoms with Gasteiger partial charge in [0.15, 0.2) is 23.2 Å². The Hall–Kier alpha value is -2.50. The van der Waals surface area contributed by atoms with Crippen molar-refractivity contribution in [3.63, 3.8) is 0 Å². The largest absolute Gasteiger partial charge is 0.491 e. The first-order valence-corrected chi connectivity index (χ1v) is 6.16. The maximum absolute atomic E-state index is 13.7. The van der Waals surface area contributed by atoms with Crippen LogP contribution in [0.4, 0.5) is 18.9 Å². The first kappa shape index (κ1) is 14.9. The molecule has 0 unspecified atom stereocenters. The van der Waals surface area contributed by atoms with Gasteiger partial charge in [0.1, 0.15) is 5.82 Å². The minimum absolute atomic E-state index is 0.0123. The fourth-order valence-electron chi connectivity index (χ4n) is 1.88. The number of nitrogen functional groups attached to an aromatic ring is 1. The van der Waals surface area contributed by atoms with E-state index in [4.69, 9.17) is 10.5 Å². The van der Waals surface area contributed by atoms with Crippen LogP contribution in [0.1, 0.15) is 22.8 Å². The highest BCUT2D eigenvalue weighted by molar-refractivity contribution is 6.11. The van der Waals surface area contributed by atoms with Crippen LogP contribution in [0.2, 0.25) is 0 Å². The quantitative estimate of drug-likeness (QED) is 0.535. The van der Waals surface area contributed by atoms with E-state index < -0.39 is 28.8 Å². The number of halogens is 3. The Balaban J connectivity index is 2.55. The van der Waals surface area contributed by atoms with Gasteiger partial charge in [-0.2, -0.15) is 0 Å². The van der Waals surface area contributed by atoms with E-state index in [0.29, 0.717) is 12.1 Å². The van der Waals surface area contributed by atoms with Crippen molar-refractivity contribution in [1.29, 1.82) is 0 Å². The van der Waals surface area contributed by atoms with E-state index >= 15 is 0 Å². The Kier molecular flexibility index (Phi) is 4.16. The number of rotatable bonds is 4. The van der Waals surface area contributed by atoms with Crippen LogP contribution in [0.5, 0.6) is 5.75 Å². The lowest BCUT2D eigenvalue weighted by atomic mass is 10.0. The van der Waals surface area contributed by atoms with Crippen LogP contribution in [0, 0.1) is 17.5 Å². The second kappa shape index (κ2) is 5.87. The Morgan fingerprint density at radius 2 is 1.76 bits per heavy atom. The van der Waals surface area contributed by atoms with Gasteiger partial charge in [0.05, 0.1) is 23.4 Å². The zero-order valence-corrected chi connectivity index (χ0v) is 11.1. The number of nitrogens with two attached hydrogens (primary N) is 1. The highest BCUT2D eigenvalue weighted by Gasteiger charge is 2.21. The van der Waals surface area contributed by atoms with Gasteiger partial charge in [0.2, 0.25) is 0 Å². The van der Waals surface area contributed by atoms with Gasteiger partial charge in [-0.05, 0) is 25.1 Å². The Labute approximate surface area is 119 Å². The van der Waals surface area contributed by atoms with Crippen LogP contribution >= 0.6 is 0 Å². The van der Waals surface area contributed by atoms with Gasteiger partial charge in [0.25, 0.3) is 0 Å². The van der Waals surface area contributed by atoms with E-state index in [-0.39, 0.29) is 23.6 Å². The molecule has 2 N–H and O–H groups in total. The molecule has 6 heteroatoms. The maximum Gasteiger partial charge on any atom is 0.199 e. The van der Waals surface area contributed by atoms with Crippen molar-refractivity contribution in [3.05, 3.63) is 58.9 Å². The third-order valence-corrected chi connectivity index (χ3v) is 2.83. The second-order valence-corrected chi connectivity index (χ2v) is 4.23. The summed E-state index contributed by atoms with van der Waals surface area (Å²) < 4.78 is 45.1. The maximum atomic E-state index is 13.7. The normalized spacial score (nSPS) is 10.5. The summed E-state index contributed by atoms with van der Waals surface area (Å²) in [5, 5.41) is 0. The molecule has 21 heavy (non-hydrogen) atoms. The molecule has 3 nitrogen and oxygen atoms in total. The fraction of sp³-hybridized carbons (Fsp3) is 0.133. The molecule has 2 aromatic carbocycles. The van der Waals surface area contributed by atoms with E-state index in [2.05, 4.69) is 0 Å². The summed E-state index contributed by atoms with van der Waals surface area (Å²) in [6.07, 6.45) is 0. The van der Waals surface area contributed by atoms with Gasteiger partial charge in [-0.3, -0.25) is 4.79 Å². The molecule has 2 aromatic rings. The number of carbonyl (C=O) groups excluding carboxylic acids is 1. The highest BCUT2D eigenvalue weighted by Crippen LogP contribution is 2.29. The first-order valence-electron chi connectivity index (χ1n) is 6.16. The number of hydrogen-bond donors (Lipinski definition) is 1. The molecule has 0 aliphatic heterocycles. The molecule has 0 atom stereocenters. The van der Waals surface area contributed by atoms with Crippen molar-refractivity contribution >= 4 is 11.5 Å². The second-order valence-electron chi connectivity index (χ2n) is 4.23. The molecule has 0 fully saturated rings. The minimum Gasteiger partial charge on any atom is -0.491 e. The Morgan fingerprint density at radius 3 is 2.43 bits per heavy atom. The molecule has 0 aliphatic rings. The van der Waals surface area contributed by atoms with Gasteiger partial charge in [0, 0.05) is 6.07 Å². The predicted octanol–water partition coefficient (Wildman–Crippen LogP) is 3.32. The Morgan fingerprint density at radius 1 is 1.10 bits per heavy atom. The van der Waals surface area contributed by atoms with Crippen molar-refractivity contribution < 1.29 is 22.7 Å². The number of ketones is 1. The summed E-state index contributed by atoms with van der Waals surface area (Å²) in [5.41, 5.74) is 5.31. The molecule has 0 bridgehead atoms. The van der Waals surface area contributed by atoms with Crippen LogP contribution in [0.25, 0.3) is 0 Å². The zero-order chi connectivity index (χ0) is 15.6. The number of hydrogen-bond acceptors (Lipinski definition) is 3. The number of carbonyl (C=O) groups is 1. The van der Waals surface area contributed by atoms with Crippen LogP contribution in [0.15, 0.2) is 30.3 Å². The highest BCUT2D eigenvalue weighted by atomic mass is 19.2. The van der Waals surface area contributed by atoms with Crippen molar-refractivity contribution in [2.75, 3.05) is 12.3 Å². The average Bonchev–Trinajstić information content (AvgIpc) is 2.44. The summed E-state index contributed by atoms with van der Waals surface area (Å²) >= 11 is 0. The van der Waals surface area contributed by atoms with Gasteiger partial charge >= 0.3 is 0 Å². The third kappa shape index (κ3) is 2.84. The zero-order valence-electron chi connectivity index (χ0n) is 11.1. The van der Waals surface area contributed by atoms with Gasteiger partial charge in [-0.15, -0.1) is 0 Å². The molecule has 0 aromatic heterocycles. The van der Waals surface area contributed by atoms with Crippen molar-refractivity contribution in [2.45, 2.75) is 6.92 Å². The predicted molar refractivity (Wildman–Crippen MR) is 71.8 cm³/mol. The molecule has 0 heterocycles. The lowest BCUT2D eigenvalue weighted by Gasteiger charge is -2.12. The van der Waals surface area contributed by atoms with E-state index in [1.807, 2.05) is 0 Å². The molecule has 0 spiro atoms. The SMILES string of the molecule is CCOc1c(N)cccc1C(=O)c1cc(F)c(F)cc1F. The molecule has 2 rings (SSSR count). The molecule has 0 saturated carbocycles. The Bertz CT molecular complexity index is 702. The average molecular weight is 295 g/mol. The monoisotopic (exact) mass is 295 g/mol. The summed E-state index contributed by atoms with van der Waals surface area (Å²) in [7, 11) is 0.